The number of esters is 1. The normalized spacial score (nSPS) is 25.6. The van der Waals surface area contributed by atoms with Gasteiger partial charge in [0.1, 0.15) is 42.5 Å². The molecule has 0 spiro atoms. The molecule has 0 radical (unpaired) electrons. The topological polar surface area (TPSA) is 166 Å². The molecule has 10 nitrogen and oxygen atoms in total. The van der Waals surface area contributed by atoms with Crippen molar-refractivity contribution in [2.75, 3.05) is 6.61 Å². The highest BCUT2D eigenvalue weighted by molar-refractivity contribution is 5.75. The number of aliphatic hydroxyl groups is 3. The molecule has 3 rings (SSSR count). The van der Waals surface area contributed by atoms with Crippen molar-refractivity contribution in [2.45, 2.75) is 37.6 Å². The number of hydrogen-bond acceptors (Lipinski definition) is 10. The van der Waals surface area contributed by atoms with Crippen molar-refractivity contribution in [3.63, 3.8) is 0 Å². The summed E-state index contributed by atoms with van der Waals surface area (Å²) in [6, 6.07) is 8.56. The molecule has 172 valence electrons. The number of hydrogen-bond donors (Lipinski definition) is 6. The van der Waals surface area contributed by atoms with E-state index in [2.05, 4.69) is 0 Å². The Hall–Kier alpha value is -3.31. The Bertz CT molecular complexity index is 971. The maximum Gasteiger partial charge on any atom is 0.302 e. The summed E-state index contributed by atoms with van der Waals surface area (Å²) in [5.74, 6) is -1.43. The van der Waals surface area contributed by atoms with Crippen molar-refractivity contribution in [3.8, 4) is 23.0 Å². The van der Waals surface area contributed by atoms with Crippen LogP contribution in [0.5, 0.6) is 23.0 Å². The molecule has 1 heterocycles. The summed E-state index contributed by atoms with van der Waals surface area (Å²) < 4.78 is 15.9. The third-order valence-corrected chi connectivity index (χ3v) is 4.78. The number of aromatic hydroxyl groups is 3. The minimum Gasteiger partial charge on any atom is -0.508 e. The second-order valence-electron chi connectivity index (χ2n) is 7.24. The average Bonchev–Trinajstić information content (AvgIpc) is 2.74. The quantitative estimate of drug-likeness (QED) is 0.274. The monoisotopic (exact) mass is 448 g/mol. The molecule has 32 heavy (non-hydrogen) atoms. The van der Waals surface area contributed by atoms with Crippen molar-refractivity contribution in [3.05, 3.63) is 47.5 Å². The average molecular weight is 448 g/mol. The summed E-state index contributed by atoms with van der Waals surface area (Å²) in [6.07, 6.45) is -4.52. The fraction of sp³-hybridized carbons (Fsp3) is 0.318. The Kier molecular flexibility index (Phi) is 7.21. The highest BCUT2D eigenvalue weighted by atomic mass is 16.7. The fourth-order valence-corrected chi connectivity index (χ4v) is 3.11. The molecule has 5 unspecified atom stereocenters. The van der Waals surface area contributed by atoms with Gasteiger partial charge in [-0.3, -0.25) is 4.79 Å². The van der Waals surface area contributed by atoms with Crippen LogP contribution < -0.4 is 4.74 Å². The summed E-state index contributed by atoms with van der Waals surface area (Å²) in [5, 5.41) is 60.1. The Balaban J connectivity index is 1.86. The molecule has 0 bridgehead atoms. The van der Waals surface area contributed by atoms with Gasteiger partial charge >= 0.3 is 5.97 Å². The number of phenols is 3. The number of aliphatic hydroxyl groups excluding tert-OH is 3. The number of benzene rings is 2. The second kappa shape index (κ2) is 9.88. The van der Waals surface area contributed by atoms with Gasteiger partial charge < -0.3 is 44.8 Å². The highest BCUT2D eigenvalue weighted by Gasteiger charge is 2.45. The van der Waals surface area contributed by atoms with Gasteiger partial charge in [-0.1, -0.05) is 24.3 Å². The first-order valence-corrected chi connectivity index (χ1v) is 9.68. The third-order valence-electron chi connectivity index (χ3n) is 4.78. The lowest BCUT2D eigenvalue weighted by Crippen LogP contribution is -2.60. The van der Waals surface area contributed by atoms with E-state index in [0.717, 1.165) is 13.0 Å². The number of rotatable bonds is 6. The maximum absolute atomic E-state index is 11.1. The molecule has 1 saturated heterocycles. The molecular formula is C22H24O10. The molecule has 10 heteroatoms. The standard InChI is InChI=1S/C22H24O10/c1-11(23)30-10-17-18(27)19(28)20(29)22(31-17)32-21-13(8-15(25)9-16(21)26)5-2-12-3-6-14(24)7-4-12/h2-9,17-20,22,24-29H,10H2,1H3. The van der Waals surface area contributed by atoms with Gasteiger partial charge in [0.25, 0.3) is 0 Å². The highest BCUT2D eigenvalue weighted by Crippen LogP contribution is 2.38. The zero-order valence-corrected chi connectivity index (χ0v) is 17.0. The zero-order chi connectivity index (χ0) is 23.4. The van der Waals surface area contributed by atoms with Gasteiger partial charge in [-0.25, -0.2) is 0 Å². The van der Waals surface area contributed by atoms with E-state index in [1.165, 1.54) is 24.3 Å². The van der Waals surface area contributed by atoms with E-state index in [1.807, 2.05) is 0 Å². The van der Waals surface area contributed by atoms with E-state index >= 15 is 0 Å². The number of carbonyl (C=O) groups excluding carboxylic acids is 1. The first-order valence-electron chi connectivity index (χ1n) is 9.68. The first kappa shape index (κ1) is 23.4. The lowest BCUT2D eigenvalue weighted by Gasteiger charge is -2.40. The molecule has 2 aromatic rings. The molecule has 2 aromatic carbocycles. The SMILES string of the molecule is CC(=O)OCC1OC(Oc2c(O)cc(O)cc2C=Cc2ccc(O)cc2)C(O)C(O)C1O. The Morgan fingerprint density at radius 1 is 0.969 bits per heavy atom. The summed E-state index contributed by atoms with van der Waals surface area (Å²) >= 11 is 0. The first-order chi connectivity index (χ1) is 15.2. The van der Waals surface area contributed by atoms with E-state index in [1.54, 1.807) is 18.2 Å². The van der Waals surface area contributed by atoms with Gasteiger partial charge in [0, 0.05) is 18.6 Å². The largest absolute Gasteiger partial charge is 0.508 e. The molecule has 6 N–H and O–H groups in total. The summed E-state index contributed by atoms with van der Waals surface area (Å²) in [4.78, 5) is 11.1. The molecule has 0 aromatic heterocycles. The van der Waals surface area contributed by atoms with Crippen LogP contribution in [0.2, 0.25) is 0 Å². The van der Waals surface area contributed by atoms with Crippen LogP contribution >= 0.6 is 0 Å². The van der Waals surface area contributed by atoms with Crippen LogP contribution in [-0.4, -0.2) is 73.9 Å². The third kappa shape index (κ3) is 5.48. The van der Waals surface area contributed by atoms with Crippen LogP contribution in [0.25, 0.3) is 12.2 Å². The molecule has 0 amide bonds. The molecule has 5 atom stereocenters. The smallest absolute Gasteiger partial charge is 0.302 e. The minimum absolute atomic E-state index is 0.0914. The van der Waals surface area contributed by atoms with Crippen molar-refractivity contribution < 1.29 is 49.6 Å². The Labute approximate surface area is 183 Å². The van der Waals surface area contributed by atoms with Crippen molar-refractivity contribution in [1.29, 1.82) is 0 Å². The predicted molar refractivity (Wildman–Crippen MR) is 111 cm³/mol. The molecule has 1 fully saturated rings. The summed E-state index contributed by atoms with van der Waals surface area (Å²) in [7, 11) is 0. The van der Waals surface area contributed by atoms with Crippen LogP contribution in [-0.2, 0) is 14.3 Å². The van der Waals surface area contributed by atoms with Gasteiger partial charge in [-0.2, -0.15) is 0 Å². The minimum atomic E-state index is -1.69. The van der Waals surface area contributed by atoms with E-state index in [9.17, 15) is 35.4 Å². The van der Waals surface area contributed by atoms with Gasteiger partial charge in [-0.05, 0) is 23.8 Å². The van der Waals surface area contributed by atoms with E-state index in [4.69, 9.17) is 14.2 Å². The van der Waals surface area contributed by atoms with Crippen LogP contribution in [0.1, 0.15) is 18.1 Å². The molecule has 0 saturated carbocycles. The van der Waals surface area contributed by atoms with Crippen molar-refractivity contribution in [1.82, 2.24) is 0 Å². The van der Waals surface area contributed by atoms with Crippen molar-refractivity contribution >= 4 is 18.1 Å². The van der Waals surface area contributed by atoms with E-state index < -0.39 is 49.0 Å². The van der Waals surface area contributed by atoms with Crippen LogP contribution in [0.3, 0.4) is 0 Å². The molecule has 1 aliphatic heterocycles. The van der Waals surface area contributed by atoms with Gasteiger partial charge in [0.05, 0.1) is 0 Å². The molecular weight excluding hydrogens is 424 g/mol. The number of carbonyl (C=O) groups is 1. The molecule has 1 aliphatic rings. The number of phenolic OH excluding ortho intramolecular Hbond substituents is 3. The number of ether oxygens (including phenoxy) is 3. The van der Waals surface area contributed by atoms with Crippen LogP contribution in [0, 0.1) is 0 Å². The summed E-state index contributed by atoms with van der Waals surface area (Å²) in [5.41, 5.74) is 0.911. The lowest BCUT2D eigenvalue weighted by atomic mass is 9.99. The maximum atomic E-state index is 11.1. The van der Waals surface area contributed by atoms with Gasteiger partial charge in [0.15, 0.2) is 11.5 Å². The Morgan fingerprint density at radius 3 is 2.31 bits per heavy atom. The van der Waals surface area contributed by atoms with Gasteiger partial charge in [-0.15, -0.1) is 0 Å². The summed E-state index contributed by atoms with van der Waals surface area (Å²) in [6.45, 7) is 0.769. The van der Waals surface area contributed by atoms with Crippen LogP contribution in [0.15, 0.2) is 36.4 Å². The molecule has 0 aliphatic carbocycles. The van der Waals surface area contributed by atoms with E-state index in [0.29, 0.717) is 5.56 Å². The zero-order valence-electron chi connectivity index (χ0n) is 17.0. The second-order valence-corrected chi connectivity index (χ2v) is 7.24. The fourth-order valence-electron chi connectivity index (χ4n) is 3.11. The van der Waals surface area contributed by atoms with Crippen LogP contribution in [0.4, 0.5) is 0 Å². The van der Waals surface area contributed by atoms with Gasteiger partial charge in [0.2, 0.25) is 6.29 Å². The van der Waals surface area contributed by atoms with E-state index in [-0.39, 0.29) is 22.8 Å². The predicted octanol–water partition coefficient (Wildman–Crippen LogP) is 0.723. The lowest BCUT2D eigenvalue weighted by molar-refractivity contribution is -0.278. The van der Waals surface area contributed by atoms with Crippen molar-refractivity contribution in [2.24, 2.45) is 0 Å². The Morgan fingerprint density at radius 2 is 1.66 bits per heavy atom.